The van der Waals surface area contributed by atoms with Crippen molar-refractivity contribution in [3.63, 3.8) is 0 Å². The summed E-state index contributed by atoms with van der Waals surface area (Å²) in [6.07, 6.45) is 0. The van der Waals surface area contributed by atoms with Crippen molar-refractivity contribution in [3.05, 3.63) is 94.0 Å². The summed E-state index contributed by atoms with van der Waals surface area (Å²) < 4.78 is 11.5. The molecular weight excluding hydrogens is 474 g/mol. The number of carboxylic acids is 1. The summed E-state index contributed by atoms with van der Waals surface area (Å²) in [5.74, 6) is -0.559. The Morgan fingerprint density at radius 3 is 2.44 bits per heavy atom. The molecule has 3 aromatic carbocycles. The van der Waals surface area contributed by atoms with Crippen molar-refractivity contribution in [1.82, 2.24) is 4.90 Å². The second kappa shape index (κ2) is 10.8. The van der Waals surface area contributed by atoms with Crippen LogP contribution in [0.2, 0.25) is 0 Å². The molecule has 32 heavy (non-hydrogen) atoms. The second-order valence-corrected chi connectivity index (χ2v) is 8.02. The molecule has 0 unspecified atom stereocenters. The first-order chi connectivity index (χ1) is 15.4. The van der Waals surface area contributed by atoms with Crippen LogP contribution < -0.4 is 9.47 Å². The Balaban J connectivity index is 1.86. The van der Waals surface area contributed by atoms with Gasteiger partial charge < -0.3 is 19.5 Å². The molecule has 0 aliphatic carbocycles. The van der Waals surface area contributed by atoms with Crippen LogP contribution in [0.15, 0.2) is 77.3 Å². The minimum Gasteiger partial charge on any atom is -0.497 e. The molecule has 0 aliphatic heterocycles. The van der Waals surface area contributed by atoms with Gasteiger partial charge in [0.25, 0.3) is 5.91 Å². The highest BCUT2D eigenvalue weighted by atomic mass is 79.9. The number of benzene rings is 3. The summed E-state index contributed by atoms with van der Waals surface area (Å²) >= 11 is 3.31. The van der Waals surface area contributed by atoms with Crippen LogP contribution in [0.1, 0.15) is 34.5 Å². The van der Waals surface area contributed by atoms with Gasteiger partial charge in [-0.2, -0.15) is 0 Å². The van der Waals surface area contributed by atoms with Gasteiger partial charge in [-0.3, -0.25) is 4.79 Å². The van der Waals surface area contributed by atoms with Crippen LogP contribution in [0, 0.1) is 0 Å². The number of rotatable bonds is 9. The maximum Gasteiger partial charge on any atom is 0.339 e. The van der Waals surface area contributed by atoms with Crippen LogP contribution in [0.4, 0.5) is 0 Å². The zero-order valence-corrected chi connectivity index (χ0v) is 19.4. The first-order valence-electron chi connectivity index (χ1n) is 10.0. The zero-order chi connectivity index (χ0) is 23.1. The second-order valence-electron chi connectivity index (χ2n) is 7.17. The van der Waals surface area contributed by atoms with Crippen molar-refractivity contribution < 1.29 is 24.2 Å². The van der Waals surface area contributed by atoms with Crippen LogP contribution in [-0.4, -0.2) is 35.6 Å². The molecule has 0 saturated carbocycles. The van der Waals surface area contributed by atoms with Gasteiger partial charge in [-0.05, 0) is 58.2 Å². The van der Waals surface area contributed by atoms with Gasteiger partial charge in [-0.15, -0.1) is 0 Å². The van der Waals surface area contributed by atoms with Crippen molar-refractivity contribution in [2.24, 2.45) is 0 Å². The van der Waals surface area contributed by atoms with Gasteiger partial charge in [0.1, 0.15) is 17.1 Å². The molecule has 1 amide bonds. The number of halogens is 1. The number of amides is 1. The van der Waals surface area contributed by atoms with Gasteiger partial charge in [-0.25, -0.2) is 4.79 Å². The highest BCUT2D eigenvalue weighted by molar-refractivity contribution is 9.10. The van der Waals surface area contributed by atoms with Crippen LogP contribution in [0.3, 0.4) is 0 Å². The maximum absolute atomic E-state index is 13.3. The van der Waals surface area contributed by atoms with Crippen LogP contribution in [0.25, 0.3) is 0 Å². The lowest BCUT2D eigenvalue weighted by atomic mass is 10.1. The molecule has 0 aromatic heterocycles. The number of ether oxygens (including phenoxy) is 2. The smallest absolute Gasteiger partial charge is 0.339 e. The molecular formula is C25H24BrNO5. The number of aromatic carboxylic acids is 1. The predicted molar refractivity (Wildman–Crippen MR) is 125 cm³/mol. The Morgan fingerprint density at radius 1 is 1.03 bits per heavy atom. The molecule has 3 rings (SSSR count). The van der Waals surface area contributed by atoms with E-state index in [-0.39, 0.29) is 29.9 Å². The topological polar surface area (TPSA) is 76.1 Å². The average Bonchev–Trinajstić information content (AvgIpc) is 2.81. The first kappa shape index (κ1) is 23.3. The first-order valence-corrected chi connectivity index (χ1v) is 10.8. The van der Waals surface area contributed by atoms with E-state index in [2.05, 4.69) is 15.9 Å². The molecule has 0 bridgehead atoms. The molecule has 166 valence electrons. The standard InChI is InChI=1S/C25H24BrNO5/c1-17(19-9-4-3-5-10-19)27(15-18-8-6-11-20(14-18)31-2)23(28)16-32-24-21(25(29)30)12-7-13-22(24)26/h3-14,17H,15-16H2,1-2H3,(H,29,30)/t17-/m1/s1. The number of nitrogens with zero attached hydrogens (tertiary/aromatic N) is 1. The summed E-state index contributed by atoms with van der Waals surface area (Å²) in [5.41, 5.74) is 1.88. The third kappa shape index (κ3) is 5.68. The monoisotopic (exact) mass is 497 g/mol. The van der Waals surface area contributed by atoms with Gasteiger partial charge in [0.2, 0.25) is 0 Å². The predicted octanol–water partition coefficient (Wildman–Crippen LogP) is 5.32. The molecule has 0 heterocycles. The Hall–Kier alpha value is -3.32. The lowest BCUT2D eigenvalue weighted by molar-refractivity contribution is -0.136. The minimum atomic E-state index is -1.13. The van der Waals surface area contributed by atoms with E-state index < -0.39 is 5.97 Å². The molecule has 6 nitrogen and oxygen atoms in total. The fraction of sp³-hybridized carbons (Fsp3) is 0.200. The van der Waals surface area contributed by atoms with E-state index in [0.717, 1.165) is 11.1 Å². The van der Waals surface area contributed by atoms with Crippen LogP contribution >= 0.6 is 15.9 Å². The third-order valence-corrected chi connectivity index (χ3v) is 5.72. The van der Waals surface area contributed by atoms with E-state index in [1.54, 1.807) is 24.1 Å². The third-order valence-electron chi connectivity index (χ3n) is 5.09. The van der Waals surface area contributed by atoms with E-state index in [1.165, 1.54) is 6.07 Å². The van der Waals surface area contributed by atoms with Gasteiger partial charge in [0.05, 0.1) is 17.6 Å². The molecule has 0 spiro atoms. The SMILES string of the molecule is COc1cccc(CN(C(=O)COc2c(Br)cccc2C(=O)O)[C@H](C)c2ccccc2)c1. The summed E-state index contributed by atoms with van der Waals surface area (Å²) in [4.78, 5) is 26.5. The summed E-state index contributed by atoms with van der Waals surface area (Å²) in [5, 5.41) is 9.44. The Labute approximate surface area is 195 Å². The highest BCUT2D eigenvalue weighted by Gasteiger charge is 2.24. The molecule has 1 atom stereocenters. The number of carboxylic acid groups (broad SMARTS) is 1. The maximum atomic E-state index is 13.3. The van der Waals surface area contributed by atoms with Crippen molar-refractivity contribution in [3.8, 4) is 11.5 Å². The van der Waals surface area contributed by atoms with E-state index in [9.17, 15) is 14.7 Å². The molecule has 0 fully saturated rings. The molecule has 0 saturated heterocycles. The fourth-order valence-corrected chi connectivity index (χ4v) is 3.84. The number of hydrogen-bond donors (Lipinski definition) is 1. The fourth-order valence-electron chi connectivity index (χ4n) is 3.36. The lowest BCUT2D eigenvalue weighted by Crippen LogP contribution is -2.36. The highest BCUT2D eigenvalue weighted by Crippen LogP contribution is 2.30. The average molecular weight is 498 g/mol. The van der Waals surface area contributed by atoms with Gasteiger partial charge >= 0.3 is 5.97 Å². The number of carbonyl (C=O) groups is 2. The largest absolute Gasteiger partial charge is 0.497 e. The van der Waals surface area contributed by atoms with Crippen LogP contribution in [-0.2, 0) is 11.3 Å². The quantitative estimate of drug-likeness (QED) is 0.432. The van der Waals surface area contributed by atoms with Crippen molar-refractivity contribution in [2.45, 2.75) is 19.5 Å². The van der Waals surface area contributed by atoms with Gasteiger partial charge in [-0.1, -0.05) is 48.5 Å². The van der Waals surface area contributed by atoms with Crippen molar-refractivity contribution in [2.75, 3.05) is 13.7 Å². The zero-order valence-electron chi connectivity index (χ0n) is 17.8. The Kier molecular flexibility index (Phi) is 7.89. The Morgan fingerprint density at radius 2 is 1.75 bits per heavy atom. The Bertz CT molecular complexity index is 1090. The molecule has 3 aromatic rings. The minimum absolute atomic E-state index is 0.0115. The van der Waals surface area contributed by atoms with Gasteiger partial charge in [0, 0.05) is 6.54 Å². The summed E-state index contributed by atoms with van der Waals surface area (Å²) in [7, 11) is 1.60. The molecule has 0 aliphatic rings. The summed E-state index contributed by atoms with van der Waals surface area (Å²) in [6, 6.07) is 21.7. The molecule has 0 radical (unpaired) electrons. The van der Waals surface area contributed by atoms with E-state index in [1.807, 2.05) is 61.5 Å². The normalized spacial score (nSPS) is 11.5. The van der Waals surface area contributed by atoms with Crippen LogP contribution in [0.5, 0.6) is 11.5 Å². The number of carbonyl (C=O) groups excluding carboxylic acids is 1. The molecule has 1 N–H and O–H groups in total. The number of methoxy groups -OCH3 is 1. The molecule has 7 heteroatoms. The van der Waals surface area contributed by atoms with E-state index >= 15 is 0 Å². The number of hydrogen-bond acceptors (Lipinski definition) is 4. The number of para-hydroxylation sites is 1. The lowest BCUT2D eigenvalue weighted by Gasteiger charge is -2.30. The van der Waals surface area contributed by atoms with Crippen molar-refractivity contribution >= 4 is 27.8 Å². The van der Waals surface area contributed by atoms with Crippen molar-refractivity contribution in [1.29, 1.82) is 0 Å². The van der Waals surface area contributed by atoms with E-state index in [0.29, 0.717) is 16.8 Å². The van der Waals surface area contributed by atoms with E-state index in [4.69, 9.17) is 9.47 Å². The van der Waals surface area contributed by atoms with Gasteiger partial charge in [0.15, 0.2) is 6.61 Å². The summed E-state index contributed by atoms with van der Waals surface area (Å²) in [6.45, 7) is 2.00.